The summed E-state index contributed by atoms with van der Waals surface area (Å²) in [6, 6.07) is 0.792. The van der Waals surface area contributed by atoms with Gasteiger partial charge in [-0.1, -0.05) is 6.92 Å². The van der Waals surface area contributed by atoms with Crippen LogP contribution in [0.3, 0.4) is 0 Å². The SMILES string of the molecule is [CH][Si](CC)(OC)OC. The van der Waals surface area contributed by atoms with Crippen LogP contribution < -0.4 is 0 Å². The van der Waals surface area contributed by atoms with Crippen molar-refractivity contribution >= 4 is 8.56 Å². The molecule has 0 spiro atoms. The molecule has 0 aliphatic carbocycles. The van der Waals surface area contributed by atoms with Crippen LogP contribution in [0.15, 0.2) is 0 Å². The Balaban J connectivity index is 3.58. The topological polar surface area (TPSA) is 18.5 Å². The molecule has 0 saturated carbocycles. The summed E-state index contributed by atoms with van der Waals surface area (Å²) in [5.41, 5.74) is 0. The van der Waals surface area contributed by atoms with Gasteiger partial charge in [-0.15, -0.1) is 0 Å². The summed E-state index contributed by atoms with van der Waals surface area (Å²) in [7, 11) is 0.994. The summed E-state index contributed by atoms with van der Waals surface area (Å²) < 4.78 is 9.86. The van der Waals surface area contributed by atoms with Crippen LogP contribution in [0.25, 0.3) is 0 Å². The third-order valence-electron chi connectivity index (χ3n) is 1.18. The van der Waals surface area contributed by atoms with Crippen LogP contribution in [0.2, 0.25) is 6.04 Å². The lowest BCUT2D eigenvalue weighted by atomic mass is 11.0. The average molecular weight is 132 g/mol. The van der Waals surface area contributed by atoms with E-state index in [1.807, 2.05) is 6.92 Å². The first-order valence-corrected chi connectivity index (χ1v) is 4.68. The Morgan fingerprint density at radius 1 is 1.38 bits per heavy atom. The Bertz CT molecular complexity index is 53.2. The summed E-state index contributed by atoms with van der Waals surface area (Å²) in [4.78, 5) is 0. The minimum Gasteiger partial charge on any atom is -0.397 e. The van der Waals surface area contributed by atoms with Crippen molar-refractivity contribution in [2.45, 2.75) is 13.0 Å². The molecule has 0 rings (SSSR count). The predicted octanol–water partition coefficient (Wildman–Crippen LogP) is 0.992. The van der Waals surface area contributed by atoms with E-state index in [2.05, 4.69) is 0 Å². The van der Waals surface area contributed by atoms with Gasteiger partial charge in [0.05, 0.1) is 0 Å². The van der Waals surface area contributed by atoms with E-state index in [-0.39, 0.29) is 0 Å². The fourth-order valence-corrected chi connectivity index (χ4v) is 1.12. The largest absolute Gasteiger partial charge is 0.397 e. The van der Waals surface area contributed by atoms with Crippen molar-refractivity contribution < 1.29 is 8.85 Å². The van der Waals surface area contributed by atoms with E-state index in [9.17, 15) is 0 Å². The van der Waals surface area contributed by atoms with Gasteiger partial charge < -0.3 is 8.85 Å². The predicted molar refractivity (Wildman–Crippen MR) is 34.6 cm³/mol. The van der Waals surface area contributed by atoms with Gasteiger partial charge in [0.1, 0.15) is 0 Å². The van der Waals surface area contributed by atoms with Crippen molar-refractivity contribution in [1.82, 2.24) is 0 Å². The molecule has 0 amide bonds. The molecule has 8 heavy (non-hydrogen) atoms. The van der Waals surface area contributed by atoms with Gasteiger partial charge >= 0.3 is 8.56 Å². The van der Waals surface area contributed by atoms with Gasteiger partial charge in [-0.3, -0.25) is 0 Å². The van der Waals surface area contributed by atoms with Gasteiger partial charge in [0.25, 0.3) is 0 Å². The van der Waals surface area contributed by atoms with Crippen molar-refractivity contribution in [3.05, 3.63) is 6.55 Å². The summed E-state index contributed by atoms with van der Waals surface area (Å²) in [5, 5.41) is 0. The fourth-order valence-electron chi connectivity index (χ4n) is 0.372. The van der Waals surface area contributed by atoms with E-state index in [1.165, 1.54) is 0 Å². The molecule has 3 heteroatoms. The third-order valence-corrected chi connectivity index (χ3v) is 3.55. The fraction of sp³-hybridized carbons (Fsp3) is 0.800. The van der Waals surface area contributed by atoms with Crippen LogP contribution in [0.4, 0.5) is 0 Å². The number of hydrogen-bond acceptors (Lipinski definition) is 2. The standard InChI is InChI=1S/C5H12O2Si/c1-5-8(4,6-2)7-3/h4H,5H2,1-3H3. The Kier molecular flexibility index (Phi) is 3.27. The van der Waals surface area contributed by atoms with Crippen molar-refractivity contribution in [2.75, 3.05) is 14.2 Å². The van der Waals surface area contributed by atoms with Gasteiger partial charge in [0.2, 0.25) is 0 Å². The summed E-state index contributed by atoms with van der Waals surface area (Å²) in [6.07, 6.45) is 0. The van der Waals surface area contributed by atoms with E-state index >= 15 is 0 Å². The molecule has 0 aliphatic rings. The van der Waals surface area contributed by atoms with Crippen molar-refractivity contribution in [3.63, 3.8) is 0 Å². The zero-order valence-electron chi connectivity index (χ0n) is 5.60. The summed E-state index contributed by atoms with van der Waals surface area (Å²) >= 11 is 0. The lowest BCUT2D eigenvalue weighted by molar-refractivity contribution is 0.256. The molecule has 0 aromatic heterocycles. The molecular formula is C5H12O2Si. The molecule has 2 radical (unpaired) electrons. The van der Waals surface area contributed by atoms with Crippen LogP contribution >= 0.6 is 0 Å². The second-order valence-electron chi connectivity index (χ2n) is 1.57. The lowest BCUT2D eigenvalue weighted by Crippen LogP contribution is -2.35. The monoisotopic (exact) mass is 132 g/mol. The highest BCUT2D eigenvalue weighted by atomic mass is 28.4. The van der Waals surface area contributed by atoms with E-state index in [4.69, 9.17) is 15.4 Å². The van der Waals surface area contributed by atoms with Gasteiger partial charge in [-0.2, -0.15) is 0 Å². The van der Waals surface area contributed by atoms with Crippen LogP contribution in [0.1, 0.15) is 6.92 Å². The first-order valence-electron chi connectivity index (χ1n) is 2.57. The maximum Gasteiger partial charge on any atom is 0.340 e. The first-order chi connectivity index (χ1) is 3.68. The molecule has 0 unspecified atom stereocenters. The molecule has 0 fully saturated rings. The normalized spacial score (nSPS) is 12.0. The molecule has 48 valence electrons. The zero-order valence-corrected chi connectivity index (χ0v) is 6.60. The highest BCUT2D eigenvalue weighted by Crippen LogP contribution is 2.07. The van der Waals surface area contributed by atoms with Crippen molar-refractivity contribution in [1.29, 1.82) is 0 Å². The van der Waals surface area contributed by atoms with Crippen molar-refractivity contribution in [2.24, 2.45) is 0 Å². The number of hydrogen-bond donors (Lipinski definition) is 0. The van der Waals surface area contributed by atoms with E-state index in [0.717, 1.165) is 6.04 Å². The minimum absolute atomic E-state index is 0.792. The molecule has 0 aromatic rings. The third kappa shape index (κ3) is 1.94. The maximum absolute atomic E-state index is 5.59. The average Bonchev–Trinajstić information content (AvgIpc) is 1.87. The van der Waals surface area contributed by atoms with E-state index in [1.54, 1.807) is 14.2 Å². The number of rotatable bonds is 3. The quantitative estimate of drug-likeness (QED) is 0.533. The maximum atomic E-state index is 5.59. The van der Waals surface area contributed by atoms with Gasteiger partial charge in [0, 0.05) is 20.8 Å². The Morgan fingerprint density at radius 3 is 1.75 bits per heavy atom. The first kappa shape index (κ1) is 8.14. The summed E-state index contributed by atoms with van der Waals surface area (Å²) in [6.45, 7) is 7.55. The Labute approximate surface area is 52.1 Å². The molecule has 0 atom stereocenters. The molecule has 0 heterocycles. The van der Waals surface area contributed by atoms with Crippen LogP contribution in [0, 0.1) is 6.55 Å². The molecule has 0 saturated heterocycles. The molecular weight excluding hydrogens is 120 g/mol. The smallest absolute Gasteiger partial charge is 0.340 e. The van der Waals surface area contributed by atoms with E-state index < -0.39 is 8.56 Å². The molecule has 0 N–H and O–H groups in total. The molecule has 0 aliphatic heterocycles. The van der Waals surface area contributed by atoms with Crippen LogP contribution in [0.5, 0.6) is 0 Å². The van der Waals surface area contributed by atoms with Crippen LogP contribution in [-0.4, -0.2) is 22.8 Å². The second-order valence-corrected chi connectivity index (χ2v) is 4.72. The van der Waals surface area contributed by atoms with E-state index in [0.29, 0.717) is 0 Å². The van der Waals surface area contributed by atoms with Crippen LogP contribution in [-0.2, 0) is 8.85 Å². The highest BCUT2D eigenvalue weighted by molar-refractivity contribution is 6.69. The zero-order chi connectivity index (χ0) is 6.62. The Morgan fingerprint density at radius 2 is 1.75 bits per heavy atom. The molecule has 0 aromatic carbocycles. The molecule has 0 bridgehead atoms. The Hall–Kier alpha value is 0.137. The highest BCUT2D eigenvalue weighted by Gasteiger charge is 2.25. The second kappa shape index (κ2) is 3.22. The van der Waals surface area contributed by atoms with Crippen molar-refractivity contribution in [3.8, 4) is 0 Å². The molecule has 2 nitrogen and oxygen atoms in total. The lowest BCUT2D eigenvalue weighted by Gasteiger charge is -2.19. The van der Waals surface area contributed by atoms with Gasteiger partial charge in [0.15, 0.2) is 0 Å². The van der Waals surface area contributed by atoms with Gasteiger partial charge in [-0.25, -0.2) is 0 Å². The summed E-state index contributed by atoms with van der Waals surface area (Å²) in [5.74, 6) is 0. The minimum atomic E-state index is -2.17. The van der Waals surface area contributed by atoms with Gasteiger partial charge in [-0.05, 0) is 6.04 Å².